The van der Waals surface area contributed by atoms with Crippen LogP contribution in [0.3, 0.4) is 0 Å². The quantitative estimate of drug-likeness (QED) is 0.737. The minimum absolute atomic E-state index is 0.167. The van der Waals surface area contributed by atoms with Crippen molar-refractivity contribution in [2.24, 2.45) is 0 Å². The predicted octanol–water partition coefficient (Wildman–Crippen LogP) is -0.230. The molecule has 0 spiro atoms. The van der Waals surface area contributed by atoms with Crippen LogP contribution in [0.15, 0.2) is 24.3 Å². The Morgan fingerprint density at radius 1 is 1.47 bits per heavy atom. The van der Waals surface area contributed by atoms with Crippen molar-refractivity contribution >= 4 is 17.6 Å². The molecule has 6 heteroatoms. The van der Waals surface area contributed by atoms with Gasteiger partial charge in [0.2, 0.25) is 5.91 Å². The maximum atomic E-state index is 12.0. The first-order valence-corrected chi connectivity index (χ1v) is 6.01. The van der Waals surface area contributed by atoms with Crippen LogP contribution in [0.5, 0.6) is 0 Å². The van der Waals surface area contributed by atoms with Crippen LogP contribution in [-0.2, 0) is 9.53 Å². The molecule has 1 fully saturated rings. The van der Waals surface area contributed by atoms with Crippen LogP contribution in [0.25, 0.3) is 0 Å². The zero-order chi connectivity index (χ0) is 13.8. The number of aliphatic hydroxyl groups excluding tert-OH is 1. The number of aliphatic hydroxyl groups is 1. The number of piperazine rings is 1. The van der Waals surface area contributed by atoms with Crippen LogP contribution in [0.4, 0.5) is 5.69 Å². The summed E-state index contributed by atoms with van der Waals surface area (Å²) in [6.45, 7) is 0.929. The topological polar surface area (TPSA) is 78.9 Å². The lowest BCUT2D eigenvalue weighted by Gasteiger charge is -2.32. The summed E-state index contributed by atoms with van der Waals surface area (Å²) in [6, 6.07) is 6.07. The van der Waals surface area contributed by atoms with Gasteiger partial charge in [0, 0.05) is 18.8 Å². The zero-order valence-corrected chi connectivity index (χ0v) is 10.6. The molecule has 0 aromatic heterocycles. The van der Waals surface area contributed by atoms with E-state index in [0.29, 0.717) is 24.3 Å². The largest absolute Gasteiger partial charge is 0.465 e. The Bertz CT molecular complexity index is 472. The number of carbonyl (C=O) groups excluding carboxylic acids is 2. The second-order valence-corrected chi connectivity index (χ2v) is 4.22. The Morgan fingerprint density at radius 2 is 2.16 bits per heavy atom. The number of amides is 1. The van der Waals surface area contributed by atoms with Crippen molar-refractivity contribution in [2.45, 2.75) is 6.04 Å². The number of hydrogen-bond acceptors (Lipinski definition) is 5. The molecule has 6 nitrogen and oxygen atoms in total. The fourth-order valence-electron chi connectivity index (χ4n) is 2.03. The number of anilines is 1. The number of methoxy groups -OCH3 is 1. The molecule has 0 aliphatic carbocycles. The van der Waals surface area contributed by atoms with E-state index in [4.69, 9.17) is 5.11 Å². The number of ether oxygens (including phenoxy) is 1. The average molecular weight is 264 g/mol. The second-order valence-electron chi connectivity index (χ2n) is 4.22. The van der Waals surface area contributed by atoms with Crippen LogP contribution in [0, 0.1) is 0 Å². The van der Waals surface area contributed by atoms with Crippen molar-refractivity contribution in [3.8, 4) is 0 Å². The van der Waals surface area contributed by atoms with Gasteiger partial charge in [-0.15, -0.1) is 0 Å². The van der Waals surface area contributed by atoms with Crippen molar-refractivity contribution < 1.29 is 19.4 Å². The Morgan fingerprint density at radius 3 is 2.74 bits per heavy atom. The van der Waals surface area contributed by atoms with Crippen molar-refractivity contribution in [3.63, 3.8) is 0 Å². The van der Waals surface area contributed by atoms with Crippen LogP contribution in [-0.4, -0.2) is 49.8 Å². The van der Waals surface area contributed by atoms with Gasteiger partial charge in [-0.1, -0.05) is 0 Å². The van der Waals surface area contributed by atoms with Gasteiger partial charge in [-0.2, -0.15) is 0 Å². The van der Waals surface area contributed by atoms with Crippen LogP contribution in [0.2, 0.25) is 0 Å². The normalized spacial score (nSPS) is 19.4. The number of nitrogens with one attached hydrogen (secondary N) is 1. The number of esters is 1. The van der Waals surface area contributed by atoms with Crippen molar-refractivity contribution in [2.75, 3.05) is 31.7 Å². The molecule has 1 amide bonds. The standard InChI is InChI=1S/C13H16N2O4/c1-19-13(18)9-2-4-10(5-3-9)15-7-6-14-11(8-16)12(15)17/h2-5,11,14,16H,6-8H2,1H3. The molecule has 1 saturated heterocycles. The molecular weight excluding hydrogens is 248 g/mol. The molecule has 1 aliphatic rings. The summed E-state index contributed by atoms with van der Waals surface area (Å²) in [6.07, 6.45) is 0. The van der Waals surface area contributed by atoms with Gasteiger partial charge in [0.1, 0.15) is 6.04 Å². The minimum atomic E-state index is -0.561. The molecule has 0 saturated carbocycles. The van der Waals surface area contributed by atoms with Gasteiger partial charge in [0.25, 0.3) is 0 Å². The van der Waals surface area contributed by atoms with Gasteiger partial charge in [-0.05, 0) is 24.3 Å². The molecule has 1 atom stereocenters. The summed E-state index contributed by atoms with van der Waals surface area (Å²) in [5, 5.41) is 12.0. The minimum Gasteiger partial charge on any atom is -0.465 e. The predicted molar refractivity (Wildman–Crippen MR) is 69.0 cm³/mol. The monoisotopic (exact) mass is 264 g/mol. The van der Waals surface area contributed by atoms with E-state index >= 15 is 0 Å². The Hall–Kier alpha value is -1.92. The van der Waals surface area contributed by atoms with Crippen LogP contribution >= 0.6 is 0 Å². The summed E-state index contributed by atoms with van der Waals surface area (Å²) in [5.41, 5.74) is 1.14. The highest BCUT2D eigenvalue weighted by molar-refractivity contribution is 5.98. The smallest absolute Gasteiger partial charge is 0.337 e. The van der Waals surface area contributed by atoms with Gasteiger partial charge < -0.3 is 20.1 Å². The summed E-state index contributed by atoms with van der Waals surface area (Å²) in [4.78, 5) is 25.0. The Balaban J connectivity index is 2.17. The Kier molecular flexibility index (Phi) is 4.13. The highest BCUT2D eigenvalue weighted by Crippen LogP contribution is 2.18. The van der Waals surface area contributed by atoms with E-state index in [1.807, 2.05) is 0 Å². The van der Waals surface area contributed by atoms with Crippen molar-refractivity contribution in [1.82, 2.24) is 5.32 Å². The van der Waals surface area contributed by atoms with Crippen molar-refractivity contribution in [3.05, 3.63) is 29.8 Å². The van der Waals surface area contributed by atoms with Gasteiger partial charge >= 0.3 is 5.97 Å². The third-order valence-corrected chi connectivity index (χ3v) is 3.07. The highest BCUT2D eigenvalue weighted by Gasteiger charge is 2.28. The van der Waals surface area contributed by atoms with Crippen LogP contribution in [0.1, 0.15) is 10.4 Å². The highest BCUT2D eigenvalue weighted by atomic mass is 16.5. The van der Waals surface area contributed by atoms with Gasteiger partial charge in [0.05, 0.1) is 19.3 Å². The number of rotatable bonds is 3. The third-order valence-electron chi connectivity index (χ3n) is 3.07. The Labute approximate surface area is 111 Å². The SMILES string of the molecule is COC(=O)c1ccc(N2CCNC(CO)C2=O)cc1. The molecule has 1 aromatic carbocycles. The fourth-order valence-corrected chi connectivity index (χ4v) is 2.03. The molecule has 1 aromatic rings. The maximum absolute atomic E-state index is 12.0. The third kappa shape index (κ3) is 2.74. The fraction of sp³-hybridized carbons (Fsp3) is 0.385. The van der Waals surface area contributed by atoms with Crippen molar-refractivity contribution in [1.29, 1.82) is 0 Å². The first kappa shape index (κ1) is 13.5. The summed E-state index contributed by atoms with van der Waals surface area (Å²) in [5.74, 6) is -0.578. The van der Waals surface area contributed by atoms with E-state index < -0.39 is 12.0 Å². The molecule has 0 radical (unpaired) electrons. The molecule has 1 heterocycles. The zero-order valence-electron chi connectivity index (χ0n) is 10.6. The van der Waals surface area contributed by atoms with E-state index in [9.17, 15) is 9.59 Å². The lowest BCUT2D eigenvalue weighted by Crippen LogP contribution is -2.56. The van der Waals surface area contributed by atoms with Gasteiger partial charge in [-0.25, -0.2) is 4.79 Å². The summed E-state index contributed by atoms with van der Waals surface area (Å²) < 4.78 is 4.61. The second kappa shape index (κ2) is 5.81. The molecule has 19 heavy (non-hydrogen) atoms. The average Bonchev–Trinajstić information content (AvgIpc) is 2.47. The molecular formula is C13H16N2O4. The van der Waals surface area contributed by atoms with E-state index in [-0.39, 0.29) is 12.5 Å². The van der Waals surface area contributed by atoms with E-state index in [1.165, 1.54) is 7.11 Å². The molecule has 0 bridgehead atoms. The summed E-state index contributed by atoms with van der Waals surface area (Å²) >= 11 is 0. The molecule has 2 N–H and O–H groups in total. The van der Waals surface area contributed by atoms with E-state index in [0.717, 1.165) is 0 Å². The number of benzene rings is 1. The lowest BCUT2D eigenvalue weighted by atomic mass is 10.1. The first-order chi connectivity index (χ1) is 9.17. The molecule has 102 valence electrons. The van der Waals surface area contributed by atoms with Gasteiger partial charge in [-0.3, -0.25) is 4.79 Å². The van der Waals surface area contributed by atoms with Crippen LogP contribution < -0.4 is 10.2 Å². The van der Waals surface area contributed by atoms with E-state index in [1.54, 1.807) is 29.2 Å². The molecule has 1 unspecified atom stereocenters. The van der Waals surface area contributed by atoms with Gasteiger partial charge in [0.15, 0.2) is 0 Å². The maximum Gasteiger partial charge on any atom is 0.337 e. The molecule has 2 rings (SSSR count). The number of nitrogens with zero attached hydrogens (tertiary/aromatic N) is 1. The number of carbonyl (C=O) groups is 2. The summed E-state index contributed by atoms with van der Waals surface area (Å²) in [7, 11) is 1.32. The van der Waals surface area contributed by atoms with E-state index in [2.05, 4.69) is 10.1 Å². The lowest BCUT2D eigenvalue weighted by molar-refractivity contribution is -0.122. The molecule has 1 aliphatic heterocycles. The first-order valence-electron chi connectivity index (χ1n) is 6.01. The number of hydrogen-bond donors (Lipinski definition) is 2.